The van der Waals surface area contributed by atoms with E-state index in [2.05, 4.69) is 15.3 Å². The van der Waals surface area contributed by atoms with Crippen molar-refractivity contribution in [2.24, 2.45) is 0 Å². The molecule has 0 saturated heterocycles. The van der Waals surface area contributed by atoms with Gasteiger partial charge in [0.1, 0.15) is 5.82 Å². The standard InChI is InChI=1S/C15H14FN3S2/c1-8-4-5-12(11(16)6-8)18-15-19-13(7-20-15)14-9(2)17-10(3)21-14/h4-7H,1-3H3,(H,18,19). The molecule has 0 aliphatic rings. The van der Waals surface area contributed by atoms with Gasteiger partial charge < -0.3 is 5.32 Å². The maximum Gasteiger partial charge on any atom is 0.187 e. The first-order valence-corrected chi connectivity index (χ1v) is 8.15. The fourth-order valence-electron chi connectivity index (χ4n) is 2.04. The normalized spacial score (nSPS) is 10.9. The molecule has 0 amide bonds. The molecular weight excluding hydrogens is 305 g/mol. The third kappa shape index (κ3) is 2.96. The van der Waals surface area contributed by atoms with Crippen molar-refractivity contribution >= 4 is 33.5 Å². The Labute approximate surface area is 130 Å². The number of nitrogens with one attached hydrogen (secondary N) is 1. The summed E-state index contributed by atoms with van der Waals surface area (Å²) in [7, 11) is 0. The van der Waals surface area contributed by atoms with Crippen LogP contribution in [0.15, 0.2) is 23.6 Å². The van der Waals surface area contributed by atoms with Gasteiger partial charge >= 0.3 is 0 Å². The second-order valence-corrected chi connectivity index (χ2v) is 6.85. The zero-order chi connectivity index (χ0) is 15.0. The van der Waals surface area contributed by atoms with Gasteiger partial charge in [-0.15, -0.1) is 22.7 Å². The zero-order valence-corrected chi connectivity index (χ0v) is 13.5. The van der Waals surface area contributed by atoms with Gasteiger partial charge in [0.2, 0.25) is 0 Å². The number of hydrogen-bond acceptors (Lipinski definition) is 5. The molecule has 2 heterocycles. The highest BCUT2D eigenvalue weighted by molar-refractivity contribution is 7.16. The lowest BCUT2D eigenvalue weighted by molar-refractivity contribution is 0.630. The van der Waals surface area contributed by atoms with Crippen molar-refractivity contribution in [2.45, 2.75) is 20.8 Å². The number of halogens is 1. The molecule has 3 aromatic rings. The lowest BCUT2D eigenvalue weighted by Crippen LogP contribution is -1.93. The first-order valence-electron chi connectivity index (χ1n) is 6.46. The van der Waals surface area contributed by atoms with Crippen LogP contribution in [0.25, 0.3) is 10.6 Å². The van der Waals surface area contributed by atoms with E-state index < -0.39 is 0 Å². The van der Waals surface area contributed by atoms with Crippen LogP contribution in [0.1, 0.15) is 16.3 Å². The fourth-order valence-corrected chi connectivity index (χ4v) is 3.71. The summed E-state index contributed by atoms with van der Waals surface area (Å²) >= 11 is 3.08. The maximum absolute atomic E-state index is 13.8. The molecule has 1 N–H and O–H groups in total. The number of rotatable bonds is 3. The lowest BCUT2D eigenvalue weighted by Gasteiger charge is -2.04. The molecule has 108 valence electrons. The molecule has 0 unspecified atom stereocenters. The largest absolute Gasteiger partial charge is 0.329 e. The van der Waals surface area contributed by atoms with Crippen LogP contribution < -0.4 is 5.32 Å². The number of anilines is 2. The third-order valence-corrected chi connectivity index (χ3v) is 4.86. The number of aryl methyl sites for hydroxylation is 3. The van der Waals surface area contributed by atoms with Crippen LogP contribution in [0.2, 0.25) is 0 Å². The van der Waals surface area contributed by atoms with Crippen molar-refractivity contribution in [3.8, 4) is 10.6 Å². The molecule has 2 aromatic heterocycles. The van der Waals surface area contributed by atoms with Crippen LogP contribution in [-0.4, -0.2) is 9.97 Å². The average Bonchev–Trinajstić information content (AvgIpc) is 2.99. The highest BCUT2D eigenvalue weighted by Gasteiger charge is 2.12. The molecule has 3 nitrogen and oxygen atoms in total. The molecule has 6 heteroatoms. The van der Waals surface area contributed by atoms with E-state index in [1.807, 2.05) is 32.2 Å². The van der Waals surface area contributed by atoms with E-state index in [0.717, 1.165) is 26.8 Å². The first-order chi connectivity index (χ1) is 10.0. The smallest absolute Gasteiger partial charge is 0.187 e. The summed E-state index contributed by atoms with van der Waals surface area (Å²) in [6.07, 6.45) is 0. The van der Waals surface area contributed by atoms with Crippen molar-refractivity contribution in [1.82, 2.24) is 9.97 Å². The Hall–Kier alpha value is -1.79. The minimum absolute atomic E-state index is 0.267. The molecule has 0 radical (unpaired) electrons. The second-order valence-electron chi connectivity index (χ2n) is 4.79. The average molecular weight is 319 g/mol. The van der Waals surface area contributed by atoms with E-state index in [1.165, 1.54) is 17.4 Å². The third-order valence-electron chi connectivity index (χ3n) is 3.01. The Morgan fingerprint density at radius 1 is 1.14 bits per heavy atom. The van der Waals surface area contributed by atoms with Gasteiger partial charge in [-0.3, -0.25) is 0 Å². The van der Waals surface area contributed by atoms with Crippen molar-refractivity contribution in [2.75, 3.05) is 5.32 Å². The van der Waals surface area contributed by atoms with E-state index in [0.29, 0.717) is 10.8 Å². The SMILES string of the molecule is Cc1ccc(Nc2nc(-c3sc(C)nc3C)cs2)c(F)c1. The Balaban J connectivity index is 1.87. The number of benzene rings is 1. The molecule has 0 bridgehead atoms. The fraction of sp³-hybridized carbons (Fsp3) is 0.200. The molecular formula is C15H14FN3S2. The summed E-state index contributed by atoms with van der Waals surface area (Å²) in [4.78, 5) is 10.0. The molecule has 3 rings (SSSR count). The lowest BCUT2D eigenvalue weighted by atomic mass is 10.2. The summed E-state index contributed by atoms with van der Waals surface area (Å²) in [6.45, 7) is 5.82. The summed E-state index contributed by atoms with van der Waals surface area (Å²) in [5, 5.41) is 6.70. The van der Waals surface area contributed by atoms with Crippen LogP contribution in [-0.2, 0) is 0 Å². The van der Waals surface area contributed by atoms with E-state index in [-0.39, 0.29) is 5.82 Å². The van der Waals surface area contributed by atoms with Crippen LogP contribution in [0, 0.1) is 26.6 Å². The highest BCUT2D eigenvalue weighted by Crippen LogP contribution is 2.33. The summed E-state index contributed by atoms with van der Waals surface area (Å²) in [6, 6.07) is 5.11. The first kappa shape index (κ1) is 14.2. The Bertz CT molecular complexity index is 792. The molecule has 0 saturated carbocycles. The zero-order valence-electron chi connectivity index (χ0n) is 11.9. The summed E-state index contributed by atoms with van der Waals surface area (Å²) in [5.41, 5.74) is 3.21. The molecule has 0 spiro atoms. The van der Waals surface area contributed by atoms with Gasteiger partial charge in [-0.1, -0.05) is 6.07 Å². The van der Waals surface area contributed by atoms with E-state index in [1.54, 1.807) is 17.4 Å². The predicted molar refractivity (Wildman–Crippen MR) is 87.1 cm³/mol. The van der Waals surface area contributed by atoms with Gasteiger partial charge in [-0.2, -0.15) is 0 Å². The number of nitrogens with zero attached hydrogens (tertiary/aromatic N) is 2. The van der Waals surface area contributed by atoms with Crippen molar-refractivity contribution in [1.29, 1.82) is 0 Å². The van der Waals surface area contributed by atoms with Gasteiger partial charge in [0.15, 0.2) is 5.13 Å². The molecule has 0 atom stereocenters. The van der Waals surface area contributed by atoms with Crippen LogP contribution in [0.4, 0.5) is 15.2 Å². The topological polar surface area (TPSA) is 37.8 Å². The second kappa shape index (κ2) is 5.54. The van der Waals surface area contributed by atoms with Crippen LogP contribution >= 0.6 is 22.7 Å². The van der Waals surface area contributed by atoms with Gasteiger partial charge in [-0.25, -0.2) is 14.4 Å². The van der Waals surface area contributed by atoms with E-state index >= 15 is 0 Å². The predicted octanol–water partition coefficient (Wildman–Crippen LogP) is 5.07. The van der Waals surface area contributed by atoms with Crippen molar-refractivity contribution in [3.05, 3.63) is 45.7 Å². The minimum Gasteiger partial charge on any atom is -0.329 e. The number of thiazole rings is 2. The van der Waals surface area contributed by atoms with Crippen LogP contribution in [0.3, 0.4) is 0 Å². The molecule has 0 aliphatic carbocycles. The summed E-state index contributed by atoms with van der Waals surface area (Å²) in [5.74, 6) is -0.267. The molecule has 1 aromatic carbocycles. The Morgan fingerprint density at radius 2 is 1.95 bits per heavy atom. The monoisotopic (exact) mass is 319 g/mol. The van der Waals surface area contributed by atoms with Gasteiger partial charge in [0.05, 0.1) is 27.0 Å². The molecule has 21 heavy (non-hydrogen) atoms. The molecule has 0 fully saturated rings. The van der Waals surface area contributed by atoms with E-state index in [9.17, 15) is 4.39 Å². The van der Waals surface area contributed by atoms with Crippen molar-refractivity contribution in [3.63, 3.8) is 0 Å². The van der Waals surface area contributed by atoms with Crippen LogP contribution in [0.5, 0.6) is 0 Å². The summed E-state index contributed by atoms with van der Waals surface area (Å²) < 4.78 is 13.8. The molecule has 0 aliphatic heterocycles. The van der Waals surface area contributed by atoms with E-state index in [4.69, 9.17) is 0 Å². The Kier molecular flexibility index (Phi) is 3.73. The Morgan fingerprint density at radius 3 is 2.62 bits per heavy atom. The number of hydrogen-bond donors (Lipinski definition) is 1. The van der Waals surface area contributed by atoms with Gasteiger partial charge in [0, 0.05) is 5.38 Å². The quantitative estimate of drug-likeness (QED) is 0.732. The van der Waals surface area contributed by atoms with Crippen molar-refractivity contribution < 1.29 is 4.39 Å². The number of aromatic nitrogens is 2. The minimum atomic E-state index is -0.267. The van der Waals surface area contributed by atoms with Gasteiger partial charge in [0.25, 0.3) is 0 Å². The highest BCUT2D eigenvalue weighted by atomic mass is 32.1. The maximum atomic E-state index is 13.8. The van der Waals surface area contributed by atoms with Gasteiger partial charge in [-0.05, 0) is 38.5 Å².